The van der Waals surface area contributed by atoms with E-state index in [0.717, 1.165) is 6.29 Å². The second-order valence-electron chi connectivity index (χ2n) is 7.17. The van der Waals surface area contributed by atoms with Gasteiger partial charge >= 0.3 is 0 Å². The summed E-state index contributed by atoms with van der Waals surface area (Å²) in [6.45, 7) is 18.8. The molecule has 0 aliphatic heterocycles. The molecule has 0 rings (SSSR count). The first-order valence-corrected chi connectivity index (χ1v) is 10.4. The summed E-state index contributed by atoms with van der Waals surface area (Å²) in [6.07, 6.45) is 4.27. The number of rotatable bonds is 8. The minimum Gasteiger partial charge on any atom is -0.410 e. The third-order valence-corrected chi connectivity index (χ3v) is 8.77. The molecular formula is C17H32O3Si. The van der Waals surface area contributed by atoms with Crippen molar-refractivity contribution in [3.63, 3.8) is 0 Å². The fourth-order valence-electron chi connectivity index (χ4n) is 1.90. The van der Waals surface area contributed by atoms with Crippen molar-refractivity contribution < 1.29 is 14.0 Å². The molecule has 3 nitrogen and oxygen atoms in total. The van der Waals surface area contributed by atoms with Gasteiger partial charge in [-0.2, -0.15) is 0 Å². The van der Waals surface area contributed by atoms with Crippen LogP contribution in [0.15, 0.2) is 24.3 Å². The molecule has 0 bridgehead atoms. The Hall–Kier alpha value is -0.713. The Morgan fingerprint density at radius 2 is 1.81 bits per heavy atom. The number of carbonyl (C=O) groups excluding carboxylic acids is 1. The smallest absolute Gasteiger partial charge is 0.192 e. The van der Waals surface area contributed by atoms with E-state index in [1.165, 1.54) is 0 Å². The second-order valence-corrected chi connectivity index (χ2v) is 11.9. The maximum absolute atomic E-state index is 10.9. The Bertz CT molecular complexity index is 380. The van der Waals surface area contributed by atoms with Crippen LogP contribution in [-0.4, -0.2) is 33.9 Å². The molecule has 0 fully saturated rings. The molecule has 0 aromatic rings. The fraction of sp³-hybridized carbons (Fsp3) is 0.706. The molecule has 0 spiro atoms. The van der Waals surface area contributed by atoms with Crippen molar-refractivity contribution in [2.45, 2.75) is 65.0 Å². The van der Waals surface area contributed by atoms with E-state index in [-0.39, 0.29) is 23.2 Å². The average Bonchev–Trinajstić information content (AvgIpc) is 2.37. The lowest BCUT2D eigenvalue weighted by molar-refractivity contribution is -0.104. The summed E-state index contributed by atoms with van der Waals surface area (Å²) in [6, 6.07) is 0. The number of hydrogen-bond donors (Lipinski definition) is 0. The zero-order chi connectivity index (χ0) is 16.8. The molecule has 0 unspecified atom stereocenters. The van der Waals surface area contributed by atoms with E-state index >= 15 is 0 Å². The highest BCUT2D eigenvalue weighted by Crippen LogP contribution is 2.39. The molecule has 0 saturated carbocycles. The lowest BCUT2D eigenvalue weighted by Gasteiger charge is -2.42. The maximum Gasteiger partial charge on any atom is 0.192 e. The first kappa shape index (κ1) is 20.3. The molecule has 0 heterocycles. The van der Waals surface area contributed by atoms with Gasteiger partial charge in [0.1, 0.15) is 12.4 Å². The molecule has 4 heteroatoms. The zero-order valence-corrected chi connectivity index (χ0v) is 15.9. The van der Waals surface area contributed by atoms with Crippen LogP contribution in [0.2, 0.25) is 18.1 Å². The fourth-order valence-corrected chi connectivity index (χ4v) is 3.29. The number of methoxy groups -OCH3 is 1. The van der Waals surface area contributed by atoms with Crippen LogP contribution >= 0.6 is 0 Å². The van der Waals surface area contributed by atoms with E-state index in [0.29, 0.717) is 5.57 Å². The molecule has 0 aromatic heterocycles. The maximum atomic E-state index is 10.9. The molecule has 0 saturated heterocycles. The topological polar surface area (TPSA) is 35.5 Å². The van der Waals surface area contributed by atoms with Crippen molar-refractivity contribution in [2.75, 3.05) is 7.11 Å². The summed E-state index contributed by atoms with van der Waals surface area (Å²) in [5, 5.41) is 0.119. The van der Waals surface area contributed by atoms with Gasteiger partial charge in [-0.25, -0.2) is 0 Å². The van der Waals surface area contributed by atoms with Gasteiger partial charge in [-0.05, 0) is 30.6 Å². The molecule has 0 aliphatic carbocycles. The van der Waals surface area contributed by atoms with E-state index < -0.39 is 8.32 Å². The lowest BCUT2D eigenvalue weighted by atomic mass is 9.97. The van der Waals surface area contributed by atoms with Crippen molar-refractivity contribution in [2.24, 2.45) is 5.92 Å². The van der Waals surface area contributed by atoms with Gasteiger partial charge in [0.05, 0.1) is 6.10 Å². The van der Waals surface area contributed by atoms with Crippen LogP contribution in [-0.2, 0) is 14.0 Å². The van der Waals surface area contributed by atoms with Gasteiger partial charge in [-0.3, -0.25) is 4.79 Å². The van der Waals surface area contributed by atoms with E-state index in [4.69, 9.17) is 9.16 Å². The molecule has 0 aliphatic rings. The number of ether oxygens (including phenoxy) is 1. The standard InChI is InChI=1S/C17H32O3Si/c1-10-15(19-7)16(14(3)11-13(2)12-18)20-21(8,9)17(4,5)6/h10-12,14-16H,1H2,2-9H3/t14-,15+,16+/m1/s1. The summed E-state index contributed by atoms with van der Waals surface area (Å²) >= 11 is 0. The quantitative estimate of drug-likeness (QED) is 0.289. The first-order valence-electron chi connectivity index (χ1n) is 7.47. The van der Waals surface area contributed by atoms with E-state index in [1.54, 1.807) is 13.2 Å². The third kappa shape index (κ3) is 5.89. The van der Waals surface area contributed by atoms with Gasteiger partial charge in [0.15, 0.2) is 8.32 Å². The Morgan fingerprint density at radius 3 is 2.14 bits per heavy atom. The Kier molecular flexibility index (Phi) is 7.79. The van der Waals surface area contributed by atoms with Gasteiger partial charge in [-0.15, -0.1) is 6.58 Å². The Balaban J connectivity index is 5.44. The summed E-state index contributed by atoms with van der Waals surface area (Å²) in [5.74, 6) is 0.0762. The predicted molar refractivity (Wildman–Crippen MR) is 92.0 cm³/mol. The van der Waals surface area contributed by atoms with Crippen LogP contribution in [0.4, 0.5) is 0 Å². The van der Waals surface area contributed by atoms with Crippen molar-refractivity contribution in [3.05, 3.63) is 24.3 Å². The third-order valence-electron chi connectivity index (χ3n) is 4.30. The Morgan fingerprint density at radius 1 is 1.29 bits per heavy atom. The van der Waals surface area contributed by atoms with Gasteiger partial charge in [0.25, 0.3) is 0 Å². The largest absolute Gasteiger partial charge is 0.410 e. The molecule has 21 heavy (non-hydrogen) atoms. The van der Waals surface area contributed by atoms with Gasteiger partial charge in [0.2, 0.25) is 0 Å². The number of carbonyl (C=O) groups is 1. The zero-order valence-electron chi connectivity index (χ0n) is 14.9. The number of hydrogen-bond acceptors (Lipinski definition) is 3. The first-order chi connectivity index (χ1) is 9.50. The number of allylic oxidation sites excluding steroid dienone is 1. The van der Waals surface area contributed by atoms with E-state index in [2.05, 4.69) is 47.4 Å². The molecule has 0 amide bonds. The van der Waals surface area contributed by atoms with Crippen LogP contribution in [0.5, 0.6) is 0 Å². The highest BCUT2D eigenvalue weighted by atomic mass is 28.4. The minimum atomic E-state index is -1.93. The molecular weight excluding hydrogens is 280 g/mol. The van der Waals surface area contributed by atoms with Crippen LogP contribution in [0, 0.1) is 5.92 Å². The lowest BCUT2D eigenvalue weighted by Crippen LogP contribution is -2.49. The molecule has 0 N–H and O–H groups in total. The van der Waals surface area contributed by atoms with Gasteiger partial charge < -0.3 is 9.16 Å². The van der Waals surface area contributed by atoms with Crippen LogP contribution in [0.25, 0.3) is 0 Å². The SMILES string of the molecule is C=C[C@H](OC)[C@@H](O[Si](C)(C)C(C)(C)C)[C@H](C)C=C(C)C=O. The van der Waals surface area contributed by atoms with Gasteiger partial charge in [-0.1, -0.05) is 39.8 Å². The highest BCUT2D eigenvalue weighted by Gasteiger charge is 2.41. The van der Waals surface area contributed by atoms with Crippen molar-refractivity contribution in [1.29, 1.82) is 0 Å². The molecule has 0 aromatic carbocycles. The molecule has 0 radical (unpaired) electrons. The summed E-state index contributed by atoms with van der Waals surface area (Å²) in [4.78, 5) is 10.9. The average molecular weight is 313 g/mol. The number of aldehydes is 1. The Labute approximate surface area is 131 Å². The summed E-state index contributed by atoms with van der Waals surface area (Å²) in [7, 11) is -0.269. The van der Waals surface area contributed by atoms with Crippen molar-refractivity contribution in [1.82, 2.24) is 0 Å². The van der Waals surface area contributed by atoms with Crippen LogP contribution in [0.1, 0.15) is 34.6 Å². The molecule has 3 atom stereocenters. The van der Waals surface area contributed by atoms with E-state index in [9.17, 15) is 4.79 Å². The predicted octanol–water partition coefficient (Wildman–Crippen LogP) is 4.36. The monoisotopic (exact) mass is 312 g/mol. The minimum absolute atomic E-state index is 0.0762. The van der Waals surface area contributed by atoms with Crippen molar-refractivity contribution >= 4 is 14.6 Å². The van der Waals surface area contributed by atoms with Crippen LogP contribution in [0.3, 0.4) is 0 Å². The van der Waals surface area contributed by atoms with Crippen molar-refractivity contribution in [3.8, 4) is 0 Å². The second kappa shape index (κ2) is 8.06. The van der Waals surface area contributed by atoms with Gasteiger partial charge in [0, 0.05) is 13.0 Å². The highest BCUT2D eigenvalue weighted by molar-refractivity contribution is 6.74. The summed E-state index contributed by atoms with van der Waals surface area (Å²) in [5.41, 5.74) is 0.713. The van der Waals surface area contributed by atoms with Crippen LogP contribution < -0.4 is 0 Å². The summed E-state index contributed by atoms with van der Waals surface area (Å²) < 4.78 is 12.1. The normalized spacial score (nSPS) is 18.0. The molecule has 122 valence electrons. The van der Waals surface area contributed by atoms with E-state index in [1.807, 2.05) is 13.0 Å².